The first-order chi connectivity index (χ1) is 15.7. The lowest BCUT2D eigenvalue weighted by atomic mass is 10.1. The van der Waals surface area contributed by atoms with Crippen LogP contribution in [-0.4, -0.2) is 34.6 Å². The molecule has 2 N–H and O–H groups in total. The minimum atomic E-state index is -3.73. The number of ether oxygens (including phenoxy) is 2. The van der Waals surface area contributed by atoms with Gasteiger partial charge in [0.05, 0.1) is 17.2 Å². The lowest BCUT2D eigenvalue weighted by molar-refractivity contribution is 0.102. The Morgan fingerprint density at radius 3 is 2.27 bits per heavy atom. The molecule has 0 unspecified atom stereocenters. The van der Waals surface area contributed by atoms with Crippen LogP contribution in [0, 0.1) is 20.8 Å². The monoisotopic (exact) mass is 468 g/mol. The summed E-state index contributed by atoms with van der Waals surface area (Å²) >= 11 is 0. The number of carbonyl (C=O) groups excluding carboxylic acids is 1. The second-order valence-corrected chi connectivity index (χ2v) is 9.41. The Morgan fingerprint density at radius 1 is 0.879 bits per heavy atom. The van der Waals surface area contributed by atoms with Crippen LogP contribution in [0.1, 0.15) is 27.0 Å². The maximum absolute atomic E-state index is 12.7. The summed E-state index contributed by atoms with van der Waals surface area (Å²) in [7, 11) is -2.14. The summed E-state index contributed by atoms with van der Waals surface area (Å²) in [4.78, 5) is 12.9. The topological polar surface area (TPSA) is 93.7 Å². The smallest absolute Gasteiger partial charge is 0.261 e. The molecule has 33 heavy (non-hydrogen) atoms. The zero-order valence-corrected chi connectivity index (χ0v) is 20.0. The van der Waals surface area contributed by atoms with Crippen LogP contribution in [0.5, 0.6) is 5.75 Å². The highest BCUT2D eigenvalue weighted by Gasteiger charge is 2.16. The first-order valence-corrected chi connectivity index (χ1v) is 11.9. The van der Waals surface area contributed by atoms with Gasteiger partial charge in [-0.1, -0.05) is 12.1 Å². The molecule has 3 aromatic rings. The second kappa shape index (κ2) is 10.5. The van der Waals surface area contributed by atoms with Crippen LogP contribution in [0.15, 0.2) is 65.6 Å². The van der Waals surface area contributed by atoms with Gasteiger partial charge >= 0.3 is 0 Å². The first-order valence-electron chi connectivity index (χ1n) is 10.4. The van der Waals surface area contributed by atoms with Gasteiger partial charge in [0, 0.05) is 18.4 Å². The van der Waals surface area contributed by atoms with Gasteiger partial charge in [0.25, 0.3) is 15.9 Å². The highest BCUT2D eigenvalue weighted by molar-refractivity contribution is 7.92. The predicted octanol–water partition coefficient (Wildman–Crippen LogP) is 4.69. The normalized spacial score (nSPS) is 11.2. The molecule has 7 nitrogen and oxygen atoms in total. The number of aryl methyl sites for hydroxylation is 3. The average Bonchev–Trinajstić information content (AvgIpc) is 2.77. The number of carbonyl (C=O) groups is 1. The average molecular weight is 469 g/mol. The van der Waals surface area contributed by atoms with Gasteiger partial charge in [0.1, 0.15) is 12.4 Å². The molecule has 3 rings (SSSR count). The van der Waals surface area contributed by atoms with Gasteiger partial charge in [-0.3, -0.25) is 9.52 Å². The number of sulfonamides is 1. The van der Waals surface area contributed by atoms with Gasteiger partial charge in [-0.15, -0.1) is 0 Å². The third-order valence-electron chi connectivity index (χ3n) is 5.12. The van der Waals surface area contributed by atoms with Crippen molar-refractivity contribution in [1.82, 2.24) is 0 Å². The molecule has 0 bridgehead atoms. The number of nitrogens with one attached hydrogen (secondary N) is 2. The van der Waals surface area contributed by atoms with Crippen molar-refractivity contribution in [3.8, 4) is 5.75 Å². The summed E-state index contributed by atoms with van der Waals surface area (Å²) in [6, 6.07) is 16.7. The largest absolute Gasteiger partial charge is 0.489 e. The Labute approximate surface area is 194 Å². The van der Waals surface area contributed by atoms with Crippen molar-refractivity contribution in [2.24, 2.45) is 0 Å². The molecule has 0 radical (unpaired) electrons. The van der Waals surface area contributed by atoms with Crippen molar-refractivity contribution in [1.29, 1.82) is 0 Å². The Morgan fingerprint density at radius 2 is 1.61 bits per heavy atom. The van der Waals surface area contributed by atoms with Crippen LogP contribution >= 0.6 is 0 Å². The minimum absolute atomic E-state index is 0.188. The van der Waals surface area contributed by atoms with Crippen molar-refractivity contribution in [3.05, 3.63) is 82.9 Å². The second-order valence-electron chi connectivity index (χ2n) is 7.72. The van der Waals surface area contributed by atoms with Crippen LogP contribution in [0.25, 0.3) is 0 Å². The number of hydrogen-bond acceptors (Lipinski definition) is 5. The maximum Gasteiger partial charge on any atom is 0.261 e. The molecule has 8 heteroatoms. The van der Waals surface area contributed by atoms with Crippen molar-refractivity contribution in [3.63, 3.8) is 0 Å². The fourth-order valence-corrected chi connectivity index (χ4v) is 4.21. The molecule has 1 amide bonds. The van der Waals surface area contributed by atoms with Gasteiger partial charge in [0.2, 0.25) is 0 Å². The first kappa shape index (κ1) is 24.3. The lowest BCUT2D eigenvalue weighted by Gasteiger charge is -2.14. The van der Waals surface area contributed by atoms with Crippen LogP contribution in [-0.2, 0) is 14.8 Å². The molecule has 174 valence electrons. The molecule has 0 spiro atoms. The minimum Gasteiger partial charge on any atom is -0.489 e. The molecular weight excluding hydrogens is 440 g/mol. The van der Waals surface area contributed by atoms with E-state index in [-0.39, 0.29) is 10.8 Å². The number of anilines is 2. The number of benzene rings is 3. The number of methoxy groups -OCH3 is 1. The number of hydrogen-bond donors (Lipinski definition) is 2. The van der Waals surface area contributed by atoms with E-state index in [4.69, 9.17) is 9.47 Å². The standard InChI is InChI=1S/C25H28N2O5S/c1-17-5-12-23(24(15-17)32-14-13-31-4)26-25(28)20-7-9-21(10-8-20)27-33(29,30)22-11-6-18(2)19(3)16-22/h5-12,15-16,27H,13-14H2,1-4H3,(H,26,28). The molecule has 0 saturated carbocycles. The highest BCUT2D eigenvalue weighted by Crippen LogP contribution is 2.27. The number of amides is 1. The SMILES string of the molecule is COCCOc1cc(C)ccc1NC(=O)c1ccc(NS(=O)(=O)c2ccc(C)c(C)c2)cc1. The van der Waals surface area contributed by atoms with Crippen molar-refractivity contribution in [2.75, 3.05) is 30.4 Å². The predicted molar refractivity (Wildman–Crippen MR) is 130 cm³/mol. The van der Waals surface area contributed by atoms with Crippen LogP contribution in [0.3, 0.4) is 0 Å². The summed E-state index contributed by atoms with van der Waals surface area (Å²) in [5.41, 5.74) is 4.20. The van der Waals surface area contributed by atoms with E-state index in [1.807, 2.05) is 32.9 Å². The Hall–Kier alpha value is -3.36. The van der Waals surface area contributed by atoms with Gasteiger partial charge < -0.3 is 14.8 Å². The van der Waals surface area contributed by atoms with E-state index in [9.17, 15) is 13.2 Å². The van der Waals surface area contributed by atoms with Crippen molar-refractivity contribution >= 4 is 27.3 Å². The van der Waals surface area contributed by atoms with E-state index >= 15 is 0 Å². The van der Waals surface area contributed by atoms with E-state index in [0.29, 0.717) is 35.9 Å². The van der Waals surface area contributed by atoms with E-state index in [1.54, 1.807) is 55.6 Å². The molecular formula is C25H28N2O5S. The molecule has 0 saturated heterocycles. The summed E-state index contributed by atoms with van der Waals surface area (Å²) in [5.74, 6) is 0.220. The fraction of sp³-hybridized carbons (Fsp3) is 0.240. The van der Waals surface area contributed by atoms with E-state index in [0.717, 1.165) is 16.7 Å². The van der Waals surface area contributed by atoms with Crippen LogP contribution < -0.4 is 14.8 Å². The molecule has 0 heterocycles. The van der Waals surface area contributed by atoms with E-state index in [1.165, 1.54) is 0 Å². The van der Waals surface area contributed by atoms with Gasteiger partial charge in [-0.25, -0.2) is 8.42 Å². The molecule has 0 fully saturated rings. The third-order valence-corrected chi connectivity index (χ3v) is 6.50. The summed E-state index contributed by atoms with van der Waals surface area (Å²) in [6.07, 6.45) is 0. The highest BCUT2D eigenvalue weighted by atomic mass is 32.2. The molecule has 0 atom stereocenters. The lowest BCUT2D eigenvalue weighted by Crippen LogP contribution is -2.15. The summed E-state index contributed by atoms with van der Waals surface area (Å²) in [6.45, 7) is 6.52. The van der Waals surface area contributed by atoms with Crippen LogP contribution in [0.2, 0.25) is 0 Å². The third kappa shape index (κ3) is 6.34. The molecule has 0 aliphatic heterocycles. The van der Waals surface area contributed by atoms with Crippen LogP contribution in [0.4, 0.5) is 11.4 Å². The van der Waals surface area contributed by atoms with E-state index in [2.05, 4.69) is 10.0 Å². The summed E-state index contributed by atoms with van der Waals surface area (Å²) in [5, 5.41) is 2.84. The van der Waals surface area contributed by atoms with Gasteiger partial charge in [0.15, 0.2) is 0 Å². The zero-order chi connectivity index (χ0) is 24.0. The summed E-state index contributed by atoms with van der Waals surface area (Å²) < 4.78 is 38.6. The molecule has 0 aliphatic rings. The molecule has 0 aromatic heterocycles. The zero-order valence-electron chi connectivity index (χ0n) is 19.1. The van der Waals surface area contributed by atoms with E-state index < -0.39 is 10.0 Å². The fourth-order valence-electron chi connectivity index (χ4n) is 3.07. The van der Waals surface area contributed by atoms with Gasteiger partial charge in [-0.2, -0.15) is 0 Å². The Kier molecular flexibility index (Phi) is 7.73. The van der Waals surface area contributed by atoms with Gasteiger partial charge in [-0.05, 0) is 86.0 Å². The molecule has 3 aromatic carbocycles. The Balaban J connectivity index is 1.71. The Bertz CT molecular complexity index is 1240. The van der Waals surface area contributed by atoms with Crippen molar-refractivity contribution < 1.29 is 22.7 Å². The van der Waals surface area contributed by atoms with Crippen molar-refractivity contribution in [2.45, 2.75) is 25.7 Å². The molecule has 0 aliphatic carbocycles. The number of rotatable bonds is 9. The maximum atomic E-state index is 12.7. The quantitative estimate of drug-likeness (QED) is 0.445.